The molecule has 0 saturated carbocycles. The van der Waals surface area contributed by atoms with Crippen LogP contribution in [0.5, 0.6) is 5.75 Å². The molecule has 1 aromatic carbocycles. The summed E-state index contributed by atoms with van der Waals surface area (Å²) in [4.78, 5) is 6.28. The number of alkyl halides is 5. The van der Waals surface area contributed by atoms with Crippen LogP contribution in [0, 0.1) is 0 Å². The Labute approximate surface area is 114 Å². The molecule has 1 heterocycles. The lowest BCUT2D eigenvalue weighted by atomic mass is 10.2. The van der Waals surface area contributed by atoms with Crippen molar-refractivity contribution in [1.29, 1.82) is 0 Å². The number of hydrogen-bond donors (Lipinski definition) is 0. The van der Waals surface area contributed by atoms with Gasteiger partial charge in [-0.1, -0.05) is 11.6 Å². The van der Waals surface area contributed by atoms with Crippen molar-refractivity contribution in [3.05, 3.63) is 29.2 Å². The van der Waals surface area contributed by atoms with E-state index in [1.54, 1.807) is 0 Å². The Bertz CT molecular complexity index is 659. The second-order valence-corrected chi connectivity index (χ2v) is 4.15. The molecule has 0 fully saturated rings. The van der Waals surface area contributed by atoms with Gasteiger partial charge < -0.3 is 4.74 Å². The van der Waals surface area contributed by atoms with Crippen LogP contribution in [0.1, 0.15) is 5.82 Å². The summed E-state index contributed by atoms with van der Waals surface area (Å²) in [5, 5.41) is -0.342. The molecule has 2 aromatic rings. The molecular formula is C11H6ClF5N2O. The Morgan fingerprint density at radius 3 is 2.30 bits per heavy atom. The molecule has 20 heavy (non-hydrogen) atoms. The van der Waals surface area contributed by atoms with Gasteiger partial charge in [-0.15, -0.1) is 0 Å². The van der Waals surface area contributed by atoms with Crippen molar-refractivity contribution in [2.75, 3.05) is 7.11 Å². The summed E-state index contributed by atoms with van der Waals surface area (Å²) >= 11 is 5.62. The molecule has 0 aliphatic rings. The molecule has 0 N–H and O–H groups in total. The van der Waals surface area contributed by atoms with Crippen LogP contribution in [0.2, 0.25) is 5.15 Å². The second-order valence-electron chi connectivity index (χ2n) is 3.79. The fourth-order valence-corrected chi connectivity index (χ4v) is 1.70. The van der Waals surface area contributed by atoms with Gasteiger partial charge in [-0.3, -0.25) is 0 Å². The standard InChI is InChI=1S/C11H6ClF5N2O/c1-20-5-2-3-6-7(4-5)18-9(19-8(6)12)10(13,14)11(15,16)17/h2-4H,1H3. The molecule has 1 aromatic heterocycles. The zero-order valence-electron chi connectivity index (χ0n) is 9.80. The van der Waals surface area contributed by atoms with Crippen LogP contribution in [-0.4, -0.2) is 23.3 Å². The maximum atomic E-state index is 13.2. The van der Waals surface area contributed by atoms with Gasteiger partial charge in [0.15, 0.2) is 0 Å². The highest BCUT2D eigenvalue weighted by Crippen LogP contribution is 2.43. The molecule has 9 heteroatoms. The Morgan fingerprint density at radius 2 is 1.75 bits per heavy atom. The Balaban J connectivity index is 2.68. The minimum Gasteiger partial charge on any atom is -0.497 e. The van der Waals surface area contributed by atoms with Gasteiger partial charge in [0.1, 0.15) is 10.9 Å². The van der Waals surface area contributed by atoms with E-state index in [4.69, 9.17) is 16.3 Å². The molecule has 2 rings (SSSR count). The van der Waals surface area contributed by atoms with Crippen LogP contribution >= 0.6 is 11.6 Å². The number of halogens is 6. The van der Waals surface area contributed by atoms with Crippen molar-refractivity contribution in [3.63, 3.8) is 0 Å². The predicted molar refractivity (Wildman–Crippen MR) is 61.0 cm³/mol. The lowest BCUT2D eigenvalue weighted by Crippen LogP contribution is -2.35. The average Bonchev–Trinajstić information content (AvgIpc) is 2.36. The normalized spacial score (nSPS) is 12.8. The molecule has 108 valence electrons. The third-order valence-electron chi connectivity index (χ3n) is 2.49. The highest BCUT2D eigenvalue weighted by Gasteiger charge is 2.61. The van der Waals surface area contributed by atoms with Gasteiger partial charge in [-0.05, 0) is 12.1 Å². The monoisotopic (exact) mass is 312 g/mol. The second kappa shape index (κ2) is 4.69. The number of methoxy groups -OCH3 is 1. The van der Waals surface area contributed by atoms with E-state index in [1.807, 2.05) is 0 Å². The number of hydrogen-bond acceptors (Lipinski definition) is 3. The number of aromatic nitrogens is 2. The molecule has 0 aliphatic heterocycles. The van der Waals surface area contributed by atoms with Gasteiger partial charge in [-0.25, -0.2) is 9.97 Å². The molecule has 0 saturated heterocycles. The number of ether oxygens (including phenoxy) is 1. The first-order chi connectivity index (χ1) is 9.16. The van der Waals surface area contributed by atoms with Gasteiger partial charge in [-0.2, -0.15) is 22.0 Å². The molecule has 0 amide bonds. The summed E-state index contributed by atoms with van der Waals surface area (Å²) in [6.45, 7) is 0. The van der Waals surface area contributed by atoms with Crippen LogP contribution in [0.25, 0.3) is 10.9 Å². The van der Waals surface area contributed by atoms with E-state index in [1.165, 1.54) is 25.3 Å². The topological polar surface area (TPSA) is 35.0 Å². The zero-order valence-corrected chi connectivity index (χ0v) is 10.6. The molecular weight excluding hydrogens is 307 g/mol. The average molecular weight is 313 g/mol. The highest BCUT2D eigenvalue weighted by molar-refractivity contribution is 6.34. The van der Waals surface area contributed by atoms with Gasteiger partial charge in [0.25, 0.3) is 0 Å². The van der Waals surface area contributed by atoms with E-state index >= 15 is 0 Å². The number of benzene rings is 1. The van der Waals surface area contributed by atoms with Gasteiger partial charge in [0.2, 0.25) is 5.82 Å². The highest BCUT2D eigenvalue weighted by atomic mass is 35.5. The molecule has 0 atom stereocenters. The predicted octanol–water partition coefficient (Wildman–Crippen LogP) is 3.95. The van der Waals surface area contributed by atoms with E-state index in [0.29, 0.717) is 0 Å². The quantitative estimate of drug-likeness (QED) is 0.622. The van der Waals surface area contributed by atoms with Gasteiger partial charge in [0, 0.05) is 11.5 Å². The summed E-state index contributed by atoms with van der Waals surface area (Å²) in [5.41, 5.74) is -0.164. The third kappa shape index (κ3) is 2.35. The summed E-state index contributed by atoms with van der Waals surface area (Å²) in [5.74, 6) is -6.64. The summed E-state index contributed by atoms with van der Waals surface area (Å²) in [6.07, 6.45) is -5.80. The SMILES string of the molecule is COc1ccc2c(Cl)nc(C(F)(F)C(F)(F)F)nc2c1. The first-order valence-corrected chi connectivity index (χ1v) is 5.51. The molecule has 0 spiro atoms. The summed E-state index contributed by atoms with van der Waals surface area (Å²) in [6, 6.07) is 4.02. The minimum atomic E-state index is -5.80. The largest absolute Gasteiger partial charge is 0.497 e. The lowest BCUT2D eigenvalue weighted by molar-refractivity contribution is -0.292. The molecule has 0 unspecified atom stereocenters. The van der Waals surface area contributed by atoms with E-state index in [9.17, 15) is 22.0 Å². The fourth-order valence-electron chi connectivity index (χ4n) is 1.46. The lowest BCUT2D eigenvalue weighted by Gasteiger charge is -2.18. The summed E-state index contributed by atoms with van der Waals surface area (Å²) < 4.78 is 68.2. The van der Waals surface area contributed by atoms with Crippen molar-refractivity contribution in [2.45, 2.75) is 12.1 Å². The first-order valence-electron chi connectivity index (χ1n) is 5.13. The zero-order chi connectivity index (χ0) is 15.1. The van der Waals surface area contributed by atoms with E-state index in [0.717, 1.165) is 0 Å². The van der Waals surface area contributed by atoms with Crippen LogP contribution in [-0.2, 0) is 5.92 Å². The molecule has 0 aliphatic carbocycles. The summed E-state index contributed by atoms with van der Waals surface area (Å²) in [7, 11) is 1.31. The smallest absolute Gasteiger partial charge is 0.461 e. The third-order valence-corrected chi connectivity index (χ3v) is 2.78. The van der Waals surface area contributed by atoms with Crippen LogP contribution in [0.15, 0.2) is 18.2 Å². The number of nitrogens with zero attached hydrogens (tertiary/aromatic N) is 2. The van der Waals surface area contributed by atoms with Crippen LogP contribution in [0.4, 0.5) is 22.0 Å². The number of fused-ring (bicyclic) bond motifs is 1. The minimum absolute atomic E-state index is 0.147. The van der Waals surface area contributed by atoms with E-state index in [2.05, 4.69) is 9.97 Å². The molecule has 0 radical (unpaired) electrons. The maximum absolute atomic E-state index is 13.2. The Kier molecular flexibility index (Phi) is 3.45. The Hall–Kier alpha value is -1.70. The first kappa shape index (κ1) is 14.7. The van der Waals surface area contributed by atoms with Gasteiger partial charge >= 0.3 is 12.1 Å². The van der Waals surface area contributed by atoms with Crippen molar-refractivity contribution in [2.24, 2.45) is 0 Å². The van der Waals surface area contributed by atoms with Crippen molar-refractivity contribution in [1.82, 2.24) is 9.97 Å². The molecule has 3 nitrogen and oxygen atoms in total. The fraction of sp³-hybridized carbons (Fsp3) is 0.273. The van der Waals surface area contributed by atoms with Crippen LogP contribution in [0.3, 0.4) is 0 Å². The van der Waals surface area contributed by atoms with E-state index in [-0.39, 0.29) is 16.7 Å². The molecule has 0 bridgehead atoms. The van der Waals surface area contributed by atoms with E-state index < -0.39 is 23.1 Å². The maximum Gasteiger partial charge on any atom is 0.461 e. The number of rotatable bonds is 2. The van der Waals surface area contributed by atoms with Gasteiger partial charge in [0.05, 0.1) is 12.6 Å². The van der Waals surface area contributed by atoms with Crippen molar-refractivity contribution in [3.8, 4) is 5.75 Å². The van der Waals surface area contributed by atoms with Crippen molar-refractivity contribution < 1.29 is 26.7 Å². The Morgan fingerprint density at radius 1 is 1.10 bits per heavy atom. The van der Waals surface area contributed by atoms with Crippen LogP contribution < -0.4 is 4.74 Å². The van der Waals surface area contributed by atoms with Crippen molar-refractivity contribution >= 4 is 22.5 Å².